The van der Waals surface area contributed by atoms with E-state index in [2.05, 4.69) is 64.8 Å². The van der Waals surface area contributed by atoms with Crippen LogP contribution in [0.2, 0.25) is 0 Å². The summed E-state index contributed by atoms with van der Waals surface area (Å²) in [6.07, 6.45) is 6.86. The summed E-state index contributed by atoms with van der Waals surface area (Å²) in [5.74, 6) is 1.04. The molecule has 1 aromatic carbocycles. The van der Waals surface area contributed by atoms with Gasteiger partial charge in [-0.05, 0) is 29.9 Å². The molecular weight excluding hydrogens is 437 g/mol. The zero-order valence-electron chi connectivity index (χ0n) is 16.0. The normalized spacial score (nSPS) is 16.4. The summed E-state index contributed by atoms with van der Waals surface area (Å²) in [6.45, 7) is 11.4. The Bertz CT molecular complexity index is 692. The van der Waals surface area contributed by atoms with Crippen LogP contribution in [0.25, 0.3) is 0 Å². The number of aliphatic imine (C=N–C) groups is 1. The van der Waals surface area contributed by atoms with E-state index in [1.54, 1.807) is 0 Å². The van der Waals surface area contributed by atoms with Crippen molar-refractivity contribution in [3.63, 3.8) is 0 Å². The Balaban J connectivity index is 0.00000243. The zero-order valence-corrected chi connectivity index (χ0v) is 18.3. The van der Waals surface area contributed by atoms with Gasteiger partial charge in [0.15, 0.2) is 5.96 Å². The molecule has 5 nitrogen and oxygen atoms in total. The summed E-state index contributed by atoms with van der Waals surface area (Å²) in [5, 5.41) is 3.44. The van der Waals surface area contributed by atoms with Crippen molar-refractivity contribution in [1.82, 2.24) is 19.8 Å². The number of halogens is 1. The lowest BCUT2D eigenvalue weighted by atomic mass is 9.93. The van der Waals surface area contributed by atoms with Gasteiger partial charge in [0.05, 0.1) is 12.9 Å². The van der Waals surface area contributed by atoms with E-state index >= 15 is 0 Å². The molecule has 2 aromatic rings. The molecule has 0 unspecified atom stereocenters. The quantitative estimate of drug-likeness (QED) is 0.414. The summed E-state index contributed by atoms with van der Waals surface area (Å²) in [5.41, 5.74) is 2.90. The average Bonchev–Trinajstić information content (AvgIpc) is 3.22. The number of hydrogen-bond donors (Lipinski definition) is 1. The van der Waals surface area contributed by atoms with Crippen LogP contribution in [0.15, 0.2) is 48.0 Å². The summed E-state index contributed by atoms with van der Waals surface area (Å²) >= 11 is 0. The number of likely N-dealkylation sites (tertiary alicyclic amines) is 1. The van der Waals surface area contributed by atoms with E-state index < -0.39 is 0 Å². The molecule has 1 saturated heterocycles. The maximum atomic E-state index is 4.85. The van der Waals surface area contributed by atoms with Crippen LogP contribution >= 0.6 is 24.0 Å². The van der Waals surface area contributed by atoms with Gasteiger partial charge in [-0.2, -0.15) is 0 Å². The van der Waals surface area contributed by atoms with Crippen LogP contribution < -0.4 is 5.32 Å². The number of imidazole rings is 1. The van der Waals surface area contributed by atoms with E-state index in [-0.39, 0.29) is 24.0 Å². The first-order valence-corrected chi connectivity index (χ1v) is 9.12. The minimum Gasteiger partial charge on any atom is -0.357 e. The van der Waals surface area contributed by atoms with E-state index in [0.29, 0.717) is 12.0 Å². The lowest BCUT2D eigenvalue weighted by molar-refractivity contribution is 0.370. The number of guanidine groups is 1. The van der Waals surface area contributed by atoms with Crippen molar-refractivity contribution in [1.29, 1.82) is 0 Å². The Morgan fingerprint density at radius 3 is 2.54 bits per heavy atom. The predicted molar refractivity (Wildman–Crippen MR) is 118 cm³/mol. The summed E-state index contributed by atoms with van der Waals surface area (Å²) in [7, 11) is 0. The molecule has 0 aliphatic carbocycles. The molecule has 0 spiro atoms. The van der Waals surface area contributed by atoms with Gasteiger partial charge in [0.25, 0.3) is 0 Å². The molecule has 1 N–H and O–H groups in total. The molecule has 1 fully saturated rings. The first kappa shape index (κ1) is 20.7. The highest BCUT2D eigenvalue weighted by molar-refractivity contribution is 14.0. The van der Waals surface area contributed by atoms with Crippen molar-refractivity contribution in [2.75, 3.05) is 19.6 Å². The van der Waals surface area contributed by atoms with Gasteiger partial charge in [-0.3, -0.25) is 0 Å². The van der Waals surface area contributed by atoms with Crippen LogP contribution in [0, 0.1) is 5.41 Å². The Morgan fingerprint density at radius 1 is 1.23 bits per heavy atom. The van der Waals surface area contributed by atoms with E-state index in [9.17, 15) is 0 Å². The molecule has 0 amide bonds. The zero-order chi connectivity index (χ0) is 17.7. The third kappa shape index (κ3) is 5.72. The van der Waals surface area contributed by atoms with Crippen LogP contribution in [0.5, 0.6) is 0 Å². The minimum atomic E-state index is 0. The second kappa shape index (κ2) is 9.39. The molecule has 0 radical (unpaired) electrons. The molecule has 142 valence electrons. The molecule has 0 atom stereocenters. The Morgan fingerprint density at radius 2 is 1.96 bits per heavy atom. The van der Waals surface area contributed by atoms with Crippen LogP contribution in [0.1, 0.15) is 38.3 Å². The smallest absolute Gasteiger partial charge is 0.194 e. The molecular formula is C20H30IN5. The number of benzene rings is 1. The van der Waals surface area contributed by atoms with Crippen molar-refractivity contribution >= 4 is 29.9 Å². The van der Waals surface area contributed by atoms with Crippen molar-refractivity contribution < 1.29 is 0 Å². The van der Waals surface area contributed by atoms with Crippen LogP contribution in [-0.2, 0) is 13.1 Å². The van der Waals surface area contributed by atoms with Crippen molar-refractivity contribution in [3.05, 3.63) is 54.1 Å². The van der Waals surface area contributed by atoms with Gasteiger partial charge >= 0.3 is 0 Å². The molecule has 0 saturated carbocycles. The molecule has 6 heteroatoms. The van der Waals surface area contributed by atoms with Crippen molar-refractivity contribution in [3.8, 4) is 0 Å². The van der Waals surface area contributed by atoms with E-state index in [0.717, 1.165) is 32.1 Å². The first-order valence-electron chi connectivity index (χ1n) is 9.12. The Kier molecular flexibility index (Phi) is 7.49. The highest BCUT2D eigenvalue weighted by atomic mass is 127. The topological polar surface area (TPSA) is 45.5 Å². The summed E-state index contributed by atoms with van der Waals surface area (Å²) in [6, 6.07) is 8.70. The van der Waals surface area contributed by atoms with Gasteiger partial charge in [-0.25, -0.2) is 9.98 Å². The van der Waals surface area contributed by atoms with Gasteiger partial charge in [-0.1, -0.05) is 38.1 Å². The van der Waals surface area contributed by atoms with E-state index in [1.807, 2.05) is 18.7 Å². The van der Waals surface area contributed by atoms with Gasteiger partial charge in [-0.15, -0.1) is 24.0 Å². The maximum Gasteiger partial charge on any atom is 0.194 e. The third-order valence-electron chi connectivity index (χ3n) is 4.67. The number of hydrogen-bond acceptors (Lipinski definition) is 2. The number of nitrogens with one attached hydrogen (secondary N) is 1. The molecule has 1 aromatic heterocycles. The lowest BCUT2D eigenvalue weighted by Crippen LogP contribution is -2.40. The molecule has 1 aliphatic rings. The highest BCUT2D eigenvalue weighted by Crippen LogP contribution is 2.28. The van der Waals surface area contributed by atoms with Gasteiger partial charge in [0.2, 0.25) is 0 Å². The fourth-order valence-corrected chi connectivity index (χ4v) is 3.23. The highest BCUT2D eigenvalue weighted by Gasteiger charge is 2.30. The second-order valence-corrected chi connectivity index (χ2v) is 7.56. The Hall–Kier alpha value is -1.57. The van der Waals surface area contributed by atoms with Crippen molar-refractivity contribution in [2.45, 2.75) is 40.3 Å². The molecule has 1 aliphatic heterocycles. The molecule has 3 rings (SSSR count). The standard InChI is InChI=1S/C20H29N5.HI/c1-4-22-19(25-11-9-20(2,3)15-25)23-13-17-5-7-18(8-6-17)14-24-12-10-21-16-24;/h5-8,10,12,16H,4,9,11,13-15H2,1-3H3,(H,22,23);1H. The number of aromatic nitrogens is 2. The number of rotatable bonds is 5. The minimum absolute atomic E-state index is 0. The molecule has 26 heavy (non-hydrogen) atoms. The lowest BCUT2D eigenvalue weighted by Gasteiger charge is -2.23. The summed E-state index contributed by atoms with van der Waals surface area (Å²) in [4.78, 5) is 11.3. The SMILES string of the molecule is CCNC(=NCc1ccc(Cn2ccnc2)cc1)N1CCC(C)(C)C1.I. The Labute approximate surface area is 173 Å². The van der Waals surface area contributed by atoms with E-state index in [4.69, 9.17) is 4.99 Å². The van der Waals surface area contributed by atoms with Crippen molar-refractivity contribution in [2.24, 2.45) is 10.4 Å². The van der Waals surface area contributed by atoms with Crippen LogP contribution in [0.4, 0.5) is 0 Å². The third-order valence-corrected chi connectivity index (χ3v) is 4.67. The van der Waals surface area contributed by atoms with Gasteiger partial charge < -0.3 is 14.8 Å². The van der Waals surface area contributed by atoms with Crippen LogP contribution in [0.3, 0.4) is 0 Å². The predicted octanol–water partition coefficient (Wildman–Crippen LogP) is 3.75. The maximum absolute atomic E-state index is 4.85. The van der Waals surface area contributed by atoms with E-state index in [1.165, 1.54) is 17.5 Å². The average molecular weight is 467 g/mol. The first-order chi connectivity index (χ1) is 12.1. The molecule has 2 heterocycles. The van der Waals surface area contributed by atoms with Gasteiger partial charge in [0, 0.05) is 38.6 Å². The van der Waals surface area contributed by atoms with Gasteiger partial charge in [0.1, 0.15) is 0 Å². The largest absolute Gasteiger partial charge is 0.357 e. The monoisotopic (exact) mass is 467 g/mol. The van der Waals surface area contributed by atoms with Crippen LogP contribution in [-0.4, -0.2) is 40.0 Å². The summed E-state index contributed by atoms with van der Waals surface area (Å²) < 4.78 is 2.07. The number of nitrogens with zero attached hydrogens (tertiary/aromatic N) is 4. The molecule has 0 bridgehead atoms. The second-order valence-electron chi connectivity index (χ2n) is 7.56. The fraction of sp³-hybridized carbons (Fsp3) is 0.500. The fourth-order valence-electron chi connectivity index (χ4n) is 3.23.